The fourth-order valence-electron chi connectivity index (χ4n) is 1.30. The second kappa shape index (κ2) is 6.74. The molecule has 1 N–H and O–H groups in total. The predicted molar refractivity (Wildman–Crippen MR) is 85.4 cm³/mol. The van der Waals surface area contributed by atoms with Crippen LogP contribution in [0.1, 0.15) is 5.69 Å². The van der Waals surface area contributed by atoms with E-state index in [2.05, 4.69) is 26.2 Å². The Balaban J connectivity index is 1.90. The molecule has 0 aliphatic carbocycles. The quantitative estimate of drug-likeness (QED) is 0.792. The summed E-state index contributed by atoms with van der Waals surface area (Å²) in [4.78, 5) is 16.1. The standard InChI is InChI=1S/C12H10BrClN2OS2/c1-7-5-18-12(15-7)19-6-11(17)16-10-3-2-8(13)4-9(10)14/h2-5H,6H2,1H3,(H,16,17). The maximum absolute atomic E-state index is 11.8. The molecular weight excluding hydrogens is 368 g/mol. The number of anilines is 1. The Morgan fingerprint density at radius 3 is 3.00 bits per heavy atom. The summed E-state index contributed by atoms with van der Waals surface area (Å²) in [5.41, 5.74) is 1.59. The van der Waals surface area contributed by atoms with Gasteiger partial charge in [-0.05, 0) is 25.1 Å². The average Bonchev–Trinajstić information content (AvgIpc) is 2.76. The van der Waals surface area contributed by atoms with Gasteiger partial charge in [-0.25, -0.2) is 4.98 Å². The normalized spacial score (nSPS) is 10.5. The van der Waals surface area contributed by atoms with Crippen molar-refractivity contribution in [3.8, 4) is 0 Å². The van der Waals surface area contributed by atoms with Crippen molar-refractivity contribution in [1.82, 2.24) is 4.98 Å². The summed E-state index contributed by atoms with van der Waals surface area (Å²) in [7, 11) is 0. The van der Waals surface area contributed by atoms with E-state index in [-0.39, 0.29) is 5.91 Å². The Hall–Kier alpha value is -0.560. The molecule has 0 unspecified atom stereocenters. The van der Waals surface area contributed by atoms with E-state index in [1.54, 1.807) is 23.5 Å². The summed E-state index contributed by atoms with van der Waals surface area (Å²) in [6.07, 6.45) is 0. The molecule has 1 amide bonds. The third-order valence-corrected chi connectivity index (χ3v) is 5.07. The van der Waals surface area contributed by atoms with Crippen molar-refractivity contribution in [3.63, 3.8) is 0 Å². The van der Waals surface area contributed by atoms with E-state index in [4.69, 9.17) is 11.6 Å². The highest BCUT2D eigenvalue weighted by molar-refractivity contribution is 9.10. The number of amides is 1. The highest BCUT2D eigenvalue weighted by atomic mass is 79.9. The number of halogens is 2. The summed E-state index contributed by atoms with van der Waals surface area (Å²) >= 11 is 12.3. The van der Waals surface area contributed by atoms with Crippen molar-refractivity contribution < 1.29 is 4.79 Å². The molecule has 0 spiro atoms. The van der Waals surface area contributed by atoms with Crippen LogP contribution in [-0.2, 0) is 4.79 Å². The van der Waals surface area contributed by atoms with Crippen LogP contribution in [-0.4, -0.2) is 16.6 Å². The number of aromatic nitrogens is 1. The fourth-order valence-corrected chi connectivity index (χ4v) is 3.67. The lowest BCUT2D eigenvalue weighted by atomic mass is 10.3. The molecule has 2 aromatic rings. The molecule has 1 aromatic carbocycles. The van der Waals surface area contributed by atoms with Crippen molar-refractivity contribution in [1.29, 1.82) is 0 Å². The highest BCUT2D eigenvalue weighted by Gasteiger charge is 2.08. The lowest BCUT2D eigenvalue weighted by Gasteiger charge is -2.06. The van der Waals surface area contributed by atoms with Gasteiger partial charge in [0, 0.05) is 15.5 Å². The molecule has 0 atom stereocenters. The van der Waals surface area contributed by atoms with Crippen LogP contribution in [0.25, 0.3) is 0 Å². The van der Waals surface area contributed by atoms with Crippen LogP contribution in [0.2, 0.25) is 5.02 Å². The van der Waals surface area contributed by atoms with Crippen molar-refractivity contribution in [3.05, 3.63) is 38.8 Å². The van der Waals surface area contributed by atoms with E-state index >= 15 is 0 Å². The van der Waals surface area contributed by atoms with Crippen LogP contribution in [0.15, 0.2) is 32.4 Å². The second-order valence-corrected chi connectivity index (χ2v) is 7.12. The van der Waals surface area contributed by atoms with Crippen molar-refractivity contribution in [2.75, 3.05) is 11.1 Å². The fraction of sp³-hybridized carbons (Fsp3) is 0.167. The molecule has 1 heterocycles. The van der Waals surface area contributed by atoms with Crippen LogP contribution < -0.4 is 5.32 Å². The number of aryl methyl sites for hydroxylation is 1. The Bertz CT molecular complexity index is 603. The van der Waals surface area contributed by atoms with E-state index in [9.17, 15) is 4.79 Å². The van der Waals surface area contributed by atoms with E-state index in [1.807, 2.05) is 18.4 Å². The van der Waals surface area contributed by atoms with Gasteiger partial charge in [-0.3, -0.25) is 4.79 Å². The van der Waals surface area contributed by atoms with Gasteiger partial charge in [-0.15, -0.1) is 11.3 Å². The van der Waals surface area contributed by atoms with Gasteiger partial charge in [0.2, 0.25) is 5.91 Å². The number of carbonyl (C=O) groups excluding carboxylic acids is 1. The molecule has 2 rings (SSSR count). The smallest absolute Gasteiger partial charge is 0.234 e. The summed E-state index contributed by atoms with van der Waals surface area (Å²) in [5, 5.41) is 5.25. The lowest BCUT2D eigenvalue weighted by molar-refractivity contribution is -0.113. The Labute approximate surface area is 132 Å². The number of hydrogen-bond acceptors (Lipinski definition) is 4. The van der Waals surface area contributed by atoms with Crippen LogP contribution >= 0.6 is 50.6 Å². The van der Waals surface area contributed by atoms with E-state index in [0.717, 1.165) is 14.5 Å². The van der Waals surface area contributed by atoms with Crippen LogP contribution in [0, 0.1) is 6.92 Å². The Morgan fingerprint density at radius 2 is 2.37 bits per heavy atom. The first-order valence-corrected chi connectivity index (χ1v) is 8.38. The third-order valence-electron chi connectivity index (χ3n) is 2.13. The Morgan fingerprint density at radius 1 is 1.58 bits per heavy atom. The van der Waals surface area contributed by atoms with Gasteiger partial charge in [-0.2, -0.15) is 0 Å². The molecule has 100 valence electrons. The number of nitrogens with one attached hydrogen (secondary N) is 1. The zero-order valence-electron chi connectivity index (χ0n) is 9.94. The molecule has 0 saturated carbocycles. The van der Waals surface area contributed by atoms with Gasteiger partial charge in [0.1, 0.15) is 0 Å². The van der Waals surface area contributed by atoms with Gasteiger partial charge in [-0.1, -0.05) is 39.3 Å². The molecule has 19 heavy (non-hydrogen) atoms. The zero-order chi connectivity index (χ0) is 13.8. The highest BCUT2D eigenvalue weighted by Crippen LogP contribution is 2.26. The zero-order valence-corrected chi connectivity index (χ0v) is 13.9. The first kappa shape index (κ1) is 14.8. The van der Waals surface area contributed by atoms with E-state index in [1.165, 1.54) is 11.8 Å². The molecule has 0 radical (unpaired) electrons. The summed E-state index contributed by atoms with van der Waals surface area (Å²) in [6, 6.07) is 5.34. The Kier molecular flexibility index (Phi) is 5.27. The number of carbonyl (C=O) groups is 1. The van der Waals surface area contributed by atoms with Gasteiger partial charge >= 0.3 is 0 Å². The number of hydrogen-bond donors (Lipinski definition) is 1. The number of nitrogens with zero attached hydrogens (tertiary/aromatic N) is 1. The van der Waals surface area contributed by atoms with Crippen LogP contribution in [0.5, 0.6) is 0 Å². The molecule has 1 aromatic heterocycles. The molecule has 0 fully saturated rings. The van der Waals surface area contributed by atoms with Crippen molar-refractivity contribution in [2.45, 2.75) is 11.3 Å². The monoisotopic (exact) mass is 376 g/mol. The van der Waals surface area contributed by atoms with Gasteiger partial charge in [0.25, 0.3) is 0 Å². The molecule has 0 bridgehead atoms. The van der Waals surface area contributed by atoms with Crippen LogP contribution in [0.3, 0.4) is 0 Å². The largest absolute Gasteiger partial charge is 0.324 e. The maximum Gasteiger partial charge on any atom is 0.234 e. The molecule has 0 aliphatic heterocycles. The molecule has 0 aliphatic rings. The third kappa shape index (κ3) is 4.49. The van der Waals surface area contributed by atoms with E-state index in [0.29, 0.717) is 16.5 Å². The molecule has 7 heteroatoms. The first-order chi connectivity index (χ1) is 9.04. The number of rotatable bonds is 4. The maximum atomic E-state index is 11.8. The molecule has 3 nitrogen and oxygen atoms in total. The summed E-state index contributed by atoms with van der Waals surface area (Å²) < 4.78 is 1.78. The number of thioether (sulfide) groups is 1. The SMILES string of the molecule is Cc1csc(SCC(=O)Nc2ccc(Br)cc2Cl)n1. The summed E-state index contributed by atoms with van der Waals surface area (Å²) in [5.74, 6) is 0.223. The minimum absolute atomic E-state index is 0.0953. The molecule has 0 saturated heterocycles. The van der Waals surface area contributed by atoms with Crippen molar-refractivity contribution >= 4 is 62.2 Å². The molecular formula is C12H10BrClN2OS2. The minimum atomic E-state index is -0.0953. The predicted octanol–water partition coefficient (Wildman–Crippen LogP) is 4.60. The van der Waals surface area contributed by atoms with Gasteiger partial charge < -0.3 is 5.32 Å². The first-order valence-electron chi connectivity index (χ1n) is 5.34. The van der Waals surface area contributed by atoms with E-state index < -0.39 is 0 Å². The number of benzene rings is 1. The topological polar surface area (TPSA) is 42.0 Å². The second-order valence-electron chi connectivity index (χ2n) is 3.72. The van der Waals surface area contributed by atoms with Crippen LogP contribution in [0.4, 0.5) is 5.69 Å². The van der Waals surface area contributed by atoms with Gasteiger partial charge in [0.15, 0.2) is 4.34 Å². The average molecular weight is 378 g/mol. The number of thiazole rings is 1. The summed E-state index contributed by atoms with van der Waals surface area (Å²) in [6.45, 7) is 1.93. The minimum Gasteiger partial charge on any atom is -0.324 e. The lowest BCUT2D eigenvalue weighted by Crippen LogP contribution is -2.14. The van der Waals surface area contributed by atoms with Gasteiger partial charge in [0.05, 0.1) is 16.5 Å². The van der Waals surface area contributed by atoms with Crippen molar-refractivity contribution in [2.24, 2.45) is 0 Å².